The molecule has 0 saturated heterocycles. The van der Waals surface area contributed by atoms with Crippen LogP contribution >= 0.6 is 0 Å². The first-order valence-corrected chi connectivity index (χ1v) is 4.23. The molecule has 5 nitrogen and oxygen atoms in total. The molecule has 1 heterocycles. The van der Waals surface area contributed by atoms with Gasteiger partial charge in [0, 0.05) is 6.07 Å². The summed E-state index contributed by atoms with van der Waals surface area (Å²) in [5.41, 5.74) is 4.65. The molecule has 0 aliphatic carbocycles. The van der Waals surface area contributed by atoms with Crippen molar-refractivity contribution in [2.24, 2.45) is 0 Å². The Balaban J connectivity index is 2.68. The molecule has 0 aliphatic rings. The van der Waals surface area contributed by atoms with Gasteiger partial charge in [-0.05, 0) is 19.9 Å². The Hall–Kier alpha value is -1.49. The second-order valence-corrected chi connectivity index (χ2v) is 3.70. The normalized spacial score (nSPS) is 11.4. The van der Waals surface area contributed by atoms with Gasteiger partial charge in [-0.2, -0.15) is 0 Å². The van der Waals surface area contributed by atoms with Crippen LogP contribution in [0.15, 0.2) is 16.5 Å². The Morgan fingerprint density at radius 1 is 1.64 bits per heavy atom. The number of hydrogen-bond acceptors (Lipinski definition) is 4. The number of aliphatic hydroxyl groups excluding tert-OH is 1. The van der Waals surface area contributed by atoms with Gasteiger partial charge in [0.2, 0.25) is 0 Å². The Labute approximate surface area is 81.9 Å². The average molecular weight is 198 g/mol. The summed E-state index contributed by atoms with van der Waals surface area (Å²) in [4.78, 5) is 11.5. The Morgan fingerprint density at radius 2 is 2.29 bits per heavy atom. The predicted octanol–water partition coefficient (Wildman–Crippen LogP) is 0.363. The monoisotopic (exact) mass is 198 g/mol. The van der Waals surface area contributed by atoms with Gasteiger partial charge in [-0.25, -0.2) is 0 Å². The van der Waals surface area contributed by atoms with E-state index < -0.39 is 5.54 Å². The second kappa shape index (κ2) is 3.71. The van der Waals surface area contributed by atoms with E-state index in [-0.39, 0.29) is 24.2 Å². The van der Waals surface area contributed by atoms with Crippen molar-refractivity contribution < 1.29 is 14.3 Å². The number of rotatable bonds is 3. The van der Waals surface area contributed by atoms with Crippen LogP contribution in [0.5, 0.6) is 0 Å². The van der Waals surface area contributed by atoms with Crippen molar-refractivity contribution in [3.05, 3.63) is 17.9 Å². The molecule has 0 aromatic carbocycles. The van der Waals surface area contributed by atoms with E-state index in [0.717, 1.165) is 0 Å². The zero-order chi connectivity index (χ0) is 10.8. The summed E-state index contributed by atoms with van der Waals surface area (Å²) in [6.07, 6.45) is 0. The van der Waals surface area contributed by atoms with Crippen LogP contribution in [0.4, 0.5) is 5.88 Å². The average Bonchev–Trinajstić information content (AvgIpc) is 2.51. The van der Waals surface area contributed by atoms with E-state index in [1.807, 2.05) is 0 Å². The number of amides is 1. The molecular formula is C9H14N2O3. The molecule has 1 aromatic rings. The zero-order valence-corrected chi connectivity index (χ0v) is 8.20. The number of aliphatic hydroxyl groups is 1. The highest BCUT2D eigenvalue weighted by atomic mass is 16.4. The highest BCUT2D eigenvalue weighted by Crippen LogP contribution is 2.10. The number of carbonyl (C=O) groups is 1. The molecule has 1 aromatic heterocycles. The number of hydrogen-bond donors (Lipinski definition) is 3. The van der Waals surface area contributed by atoms with Crippen LogP contribution in [-0.4, -0.2) is 23.2 Å². The van der Waals surface area contributed by atoms with E-state index in [1.165, 1.54) is 12.1 Å². The molecule has 5 heteroatoms. The molecular weight excluding hydrogens is 184 g/mol. The molecule has 0 fully saturated rings. The van der Waals surface area contributed by atoms with Crippen LogP contribution in [0.25, 0.3) is 0 Å². The molecule has 0 atom stereocenters. The fraction of sp³-hybridized carbons (Fsp3) is 0.444. The third-order valence-corrected chi connectivity index (χ3v) is 1.70. The van der Waals surface area contributed by atoms with E-state index in [0.29, 0.717) is 0 Å². The number of furan rings is 1. The van der Waals surface area contributed by atoms with Gasteiger partial charge in [-0.15, -0.1) is 0 Å². The predicted molar refractivity (Wildman–Crippen MR) is 51.8 cm³/mol. The van der Waals surface area contributed by atoms with Crippen LogP contribution in [-0.2, 0) is 0 Å². The van der Waals surface area contributed by atoms with Crippen LogP contribution < -0.4 is 11.1 Å². The minimum atomic E-state index is -0.668. The molecule has 0 aliphatic heterocycles. The third-order valence-electron chi connectivity index (χ3n) is 1.70. The van der Waals surface area contributed by atoms with Crippen molar-refractivity contribution in [2.75, 3.05) is 12.3 Å². The fourth-order valence-corrected chi connectivity index (χ4v) is 0.883. The van der Waals surface area contributed by atoms with Crippen molar-refractivity contribution in [1.29, 1.82) is 0 Å². The summed E-state index contributed by atoms with van der Waals surface area (Å²) in [5.74, 6) is -0.0540. The zero-order valence-electron chi connectivity index (χ0n) is 8.20. The lowest BCUT2D eigenvalue weighted by atomic mass is 10.1. The maximum atomic E-state index is 11.5. The van der Waals surface area contributed by atoms with E-state index in [9.17, 15) is 4.79 Å². The molecule has 4 N–H and O–H groups in total. The Bertz CT molecular complexity index is 331. The van der Waals surface area contributed by atoms with Crippen molar-refractivity contribution in [3.8, 4) is 0 Å². The first-order valence-electron chi connectivity index (χ1n) is 4.23. The lowest BCUT2D eigenvalue weighted by molar-refractivity contribution is 0.0842. The van der Waals surface area contributed by atoms with Gasteiger partial charge in [0.25, 0.3) is 5.91 Å². The SMILES string of the molecule is CC(C)(CO)NC(=O)c1ccc(N)o1. The number of nitrogens with two attached hydrogens (primary N) is 1. The van der Waals surface area contributed by atoms with Gasteiger partial charge in [-0.1, -0.05) is 0 Å². The molecule has 0 saturated carbocycles. The van der Waals surface area contributed by atoms with Crippen LogP contribution in [0.2, 0.25) is 0 Å². The number of carbonyl (C=O) groups excluding carboxylic acids is 1. The number of nitrogens with one attached hydrogen (secondary N) is 1. The highest BCUT2D eigenvalue weighted by Gasteiger charge is 2.21. The lowest BCUT2D eigenvalue weighted by Crippen LogP contribution is -2.46. The van der Waals surface area contributed by atoms with Gasteiger partial charge >= 0.3 is 0 Å². The van der Waals surface area contributed by atoms with Crippen LogP contribution in [0.1, 0.15) is 24.4 Å². The summed E-state index contributed by atoms with van der Waals surface area (Å²) in [6, 6.07) is 2.99. The maximum absolute atomic E-state index is 11.5. The topological polar surface area (TPSA) is 88.5 Å². The number of anilines is 1. The highest BCUT2D eigenvalue weighted by molar-refractivity contribution is 5.92. The van der Waals surface area contributed by atoms with Crippen molar-refractivity contribution in [1.82, 2.24) is 5.32 Å². The molecule has 0 bridgehead atoms. The quantitative estimate of drug-likeness (QED) is 0.654. The first kappa shape index (κ1) is 10.6. The van der Waals surface area contributed by atoms with E-state index >= 15 is 0 Å². The van der Waals surface area contributed by atoms with Gasteiger partial charge in [0.1, 0.15) is 0 Å². The van der Waals surface area contributed by atoms with Gasteiger partial charge < -0.3 is 20.6 Å². The van der Waals surface area contributed by atoms with Crippen molar-refractivity contribution in [2.45, 2.75) is 19.4 Å². The molecule has 1 rings (SSSR count). The van der Waals surface area contributed by atoms with Crippen molar-refractivity contribution in [3.63, 3.8) is 0 Å². The van der Waals surface area contributed by atoms with Crippen LogP contribution in [0, 0.1) is 0 Å². The second-order valence-electron chi connectivity index (χ2n) is 3.70. The van der Waals surface area contributed by atoms with Gasteiger partial charge in [-0.3, -0.25) is 4.79 Å². The number of nitrogen functional groups attached to an aromatic ring is 1. The smallest absolute Gasteiger partial charge is 0.287 e. The third kappa shape index (κ3) is 2.50. The van der Waals surface area contributed by atoms with Crippen LogP contribution in [0.3, 0.4) is 0 Å². The summed E-state index contributed by atoms with van der Waals surface area (Å²) >= 11 is 0. The fourth-order valence-electron chi connectivity index (χ4n) is 0.883. The molecule has 1 amide bonds. The molecule has 78 valence electrons. The lowest BCUT2D eigenvalue weighted by Gasteiger charge is -2.22. The minimum absolute atomic E-state index is 0.143. The van der Waals surface area contributed by atoms with Gasteiger partial charge in [0.15, 0.2) is 11.6 Å². The Kier molecular flexibility index (Phi) is 2.81. The van der Waals surface area contributed by atoms with E-state index in [4.69, 9.17) is 15.3 Å². The first-order chi connectivity index (χ1) is 6.44. The maximum Gasteiger partial charge on any atom is 0.287 e. The summed E-state index contributed by atoms with van der Waals surface area (Å²) in [6.45, 7) is 3.27. The van der Waals surface area contributed by atoms with E-state index in [2.05, 4.69) is 5.32 Å². The summed E-state index contributed by atoms with van der Waals surface area (Å²) < 4.78 is 4.92. The molecule has 0 spiro atoms. The Morgan fingerprint density at radius 3 is 2.71 bits per heavy atom. The van der Waals surface area contributed by atoms with Crippen molar-refractivity contribution >= 4 is 11.8 Å². The van der Waals surface area contributed by atoms with Gasteiger partial charge in [0.05, 0.1) is 12.1 Å². The molecule has 0 radical (unpaired) electrons. The minimum Gasteiger partial charge on any atom is -0.436 e. The summed E-state index contributed by atoms with van der Waals surface area (Å²) in [7, 11) is 0. The standard InChI is InChI=1S/C9H14N2O3/c1-9(2,5-12)11-8(13)6-3-4-7(10)14-6/h3-4,12H,5,10H2,1-2H3,(H,11,13). The van der Waals surface area contributed by atoms with E-state index in [1.54, 1.807) is 13.8 Å². The largest absolute Gasteiger partial charge is 0.436 e. The molecule has 14 heavy (non-hydrogen) atoms. The summed E-state index contributed by atoms with van der Waals surface area (Å²) in [5, 5.41) is 11.5. The molecule has 0 unspecified atom stereocenters.